The van der Waals surface area contributed by atoms with E-state index in [0.717, 1.165) is 5.56 Å². The number of allylic oxidation sites excluding steroid dienone is 1. The van der Waals surface area contributed by atoms with Crippen molar-refractivity contribution in [3.05, 3.63) is 47.0 Å². The highest BCUT2D eigenvalue weighted by atomic mass is 16.6. The number of fused-ring (bicyclic) bond motifs is 1. The van der Waals surface area contributed by atoms with Crippen molar-refractivity contribution in [1.29, 1.82) is 0 Å². The highest BCUT2D eigenvalue weighted by Gasteiger charge is 2.18. The van der Waals surface area contributed by atoms with E-state index in [0.29, 0.717) is 59.6 Å². The number of carbonyl (C=O) groups excluding carboxylic acids is 1. The van der Waals surface area contributed by atoms with Crippen LogP contribution in [-0.2, 0) is 0 Å². The van der Waals surface area contributed by atoms with Crippen LogP contribution in [-0.4, -0.2) is 32.7 Å². The van der Waals surface area contributed by atoms with E-state index in [-0.39, 0.29) is 5.78 Å². The van der Waals surface area contributed by atoms with E-state index < -0.39 is 0 Å². The number of nitrogen functional groups attached to an aromatic ring is 1. The summed E-state index contributed by atoms with van der Waals surface area (Å²) in [6.07, 6.45) is 1.79. The Balaban J connectivity index is 1.89. The predicted molar refractivity (Wildman–Crippen MR) is 104 cm³/mol. The largest absolute Gasteiger partial charge is 0.493 e. The molecule has 6 nitrogen and oxygen atoms in total. The van der Waals surface area contributed by atoms with E-state index in [9.17, 15) is 4.79 Å². The maximum absolute atomic E-state index is 12.8. The number of hydrogen-bond acceptors (Lipinski definition) is 6. The van der Waals surface area contributed by atoms with Gasteiger partial charge in [-0.3, -0.25) is 4.79 Å². The molecule has 0 aromatic heterocycles. The normalized spacial score (nSPS) is 13.2. The number of nitrogens with two attached hydrogens (primary N) is 1. The van der Waals surface area contributed by atoms with Gasteiger partial charge in [0.25, 0.3) is 0 Å². The summed E-state index contributed by atoms with van der Waals surface area (Å²) in [5.74, 6) is 2.23. The van der Waals surface area contributed by atoms with Crippen molar-refractivity contribution in [3.63, 3.8) is 0 Å². The van der Waals surface area contributed by atoms with E-state index in [4.69, 9.17) is 24.7 Å². The van der Waals surface area contributed by atoms with Crippen molar-refractivity contribution >= 4 is 17.5 Å². The van der Waals surface area contributed by atoms with Crippen molar-refractivity contribution in [3.8, 4) is 23.0 Å². The van der Waals surface area contributed by atoms with Gasteiger partial charge in [0.15, 0.2) is 17.3 Å². The summed E-state index contributed by atoms with van der Waals surface area (Å²) in [4.78, 5) is 12.8. The molecule has 0 spiro atoms. The van der Waals surface area contributed by atoms with Crippen LogP contribution in [0.25, 0.3) is 6.08 Å². The zero-order chi connectivity index (χ0) is 19.4. The van der Waals surface area contributed by atoms with E-state index in [1.54, 1.807) is 38.3 Å². The van der Waals surface area contributed by atoms with E-state index in [1.165, 1.54) is 0 Å². The van der Waals surface area contributed by atoms with E-state index in [1.807, 2.05) is 19.1 Å². The zero-order valence-corrected chi connectivity index (χ0v) is 15.7. The standard InChI is InChI=1S/C21H23NO5/c1-4-25-17-6-5-15(12-16(17)22)20(23)13(2)9-14-10-18(24-3)21-19(11-14)26-7-8-27-21/h5-6,9-12H,4,7-8,22H2,1-3H3/b13-9+. The lowest BCUT2D eigenvalue weighted by molar-refractivity contribution is 0.103. The molecule has 1 aliphatic rings. The number of anilines is 1. The fourth-order valence-corrected chi connectivity index (χ4v) is 2.90. The Labute approximate surface area is 158 Å². The average molecular weight is 369 g/mol. The van der Waals surface area contributed by atoms with Gasteiger partial charge < -0.3 is 24.7 Å². The second-order valence-corrected chi connectivity index (χ2v) is 6.09. The van der Waals surface area contributed by atoms with Crippen LogP contribution in [0.4, 0.5) is 5.69 Å². The molecule has 1 heterocycles. The summed E-state index contributed by atoms with van der Waals surface area (Å²) in [5.41, 5.74) is 8.28. The van der Waals surface area contributed by atoms with Crippen molar-refractivity contribution < 1.29 is 23.7 Å². The van der Waals surface area contributed by atoms with Crippen molar-refractivity contribution in [2.75, 3.05) is 32.7 Å². The maximum atomic E-state index is 12.8. The minimum absolute atomic E-state index is 0.112. The topological polar surface area (TPSA) is 80.0 Å². The van der Waals surface area contributed by atoms with E-state index >= 15 is 0 Å². The lowest BCUT2D eigenvalue weighted by Crippen LogP contribution is -2.16. The van der Waals surface area contributed by atoms with Gasteiger partial charge in [-0.15, -0.1) is 0 Å². The molecule has 0 fully saturated rings. The Morgan fingerprint density at radius 2 is 1.96 bits per heavy atom. The fourth-order valence-electron chi connectivity index (χ4n) is 2.90. The monoisotopic (exact) mass is 369 g/mol. The molecule has 0 amide bonds. The van der Waals surface area contributed by atoms with Gasteiger partial charge >= 0.3 is 0 Å². The molecule has 0 saturated heterocycles. The fraction of sp³-hybridized carbons (Fsp3) is 0.286. The molecule has 0 saturated carbocycles. The Morgan fingerprint density at radius 1 is 1.19 bits per heavy atom. The van der Waals surface area contributed by atoms with Gasteiger partial charge in [-0.25, -0.2) is 0 Å². The summed E-state index contributed by atoms with van der Waals surface area (Å²) in [6, 6.07) is 8.71. The van der Waals surface area contributed by atoms with Crippen molar-refractivity contribution in [1.82, 2.24) is 0 Å². The van der Waals surface area contributed by atoms with Crippen LogP contribution in [0, 0.1) is 0 Å². The molecule has 2 aromatic carbocycles. The van der Waals surface area contributed by atoms with Gasteiger partial charge in [0.2, 0.25) is 5.75 Å². The number of carbonyl (C=O) groups is 1. The van der Waals surface area contributed by atoms with Crippen LogP contribution in [0.1, 0.15) is 29.8 Å². The molecular formula is C21H23NO5. The highest BCUT2D eigenvalue weighted by Crippen LogP contribution is 2.41. The number of hydrogen-bond donors (Lipinski definition) is 1. The quantitative estimate of drug-likeness (QED) is 0.475. The number of ketones is 1. The number of ether oxygens (including phenoxy) is 4. The predicted octanol–water partition coefficient (Wildman–Crippen LogP) is 3.73. The summed E-state index contributed by atoms with van der Waals surface area (Å²) in [7, 11) is 1.57. The van der Waals surface area contributed by atoms with Crippen LogP contribution < -0.4 is 24.7 Å². The molecular weight excluding hydrogens is 346 g/mol. The number of methoxy groups -OCH3 is 1. The second-order valence-electron chi connectivity index (χ2n) is 6.09. The van der Waals surface area contributed by atoms with Gasteiger partial charge in [0.1, 0.15) is 19.0 Å². The Morgan fingerprint density at radius 3 is 2.67 bits per heavy atom. The van der Waals surface area contributed by atoms with Crippen molar-refractivity contribution in [2.45, 2.75) is 13.8 Å². The second kappa shape index (κ2) is 8.03. The molecule has 0 aliphatic carbocycles. The first-order chi connectivity index (χ1) is 13.0. The van der Waals surface area contributed by atoms with Crippen LogP contribution in [0.5, 0.6) is 23.0 Å². The molecule has 2 aromatic rings. The molecule has 3 rings (SSSR count). The molecule has 0 radical (unpaired) electrons. The minimum atomic E-state index is -0.112. The van der Waals surface area contributed by atoms with Gasteiger partial charge in [0.05, 0.1) is 19.4 Å². The van der Waals surface area contributed by atoms with Crippen LogP contribution >= 0.6 is 0 Å². The third-order valence-electron chi connectivity index (χ3n) is 4.16. The molecule has 27 heavy (non-hydrogen) atoms. The van der Waals surface area contributed by atoms with Crippen LogP contribution in [0.3, 0.4) is 0 Å². The SMILES string of the molecule is CCOc1ccc(C(=O)/C(C)=C/c2cc(OC)c3c(c2)OCCO3)cc1N. The van der Waals surface area contributed by atoms with Crippen LogP contribution in [0.15, 0.2) is 35.9 Å². The molecule has 1 aliphatic heterocycles. The highest BCUT2D eigenvalue weighted by molar-refractivity contribution is 6.11. The van der Waals surface area contributed by atoms with E-state index in [2.05, 4.69) is 0 Å². The molecule has 2 N–H and O–H groups in total. The molecule has 6 heteroatoms. The lowest BCUT2D eigenvalue weighted by Gasteiger charge is -2.21. The molecule has 0 atom stereocenters. The lowest BCUT2D eigenvalue weighted by atomic mass is 10.0. The van der Waals surface area contributed by atoms with Crippen LogP contribution in [0.2, 0.25) is 0 Å². The first-order valence-corrected chi connectivity index (χ1v) is 8.76. The summed E-state index contributed by atoms with van der Waals surface area (Å²) in [6.45, 7) is 5.12. The van der Waals surface area contributed by atoms with Gasteiger partial charge in [-0.1, -0.05) is 0 Å². The molecule has 0 bridgehead atoms. The van der Waals surface area contributed by atoms with Gasteiger partial charge in [-0.2, -0.15) is 0 Å². The third kappa shape index (κ3) is 4.00. The number of Topliss-reactive ketones (excluding diaryl/α,β-unsaturated/α-hetero) is 1. The third-order valence-corrected chi connectivity index (χ3v) is 4.16. The number of benzene rings is 2. The average Bonchev–Trinajstić information content (AvgIpc) is 2.68. The smallest absolute Gasteiger partial charge is 0.203 e. The summed E-state index contributed by atoms with van der Waals surface area (Å²) < 4.78 is 22.0. The maximum Gasteiger partial charge on any atom is 0.203 e. The first-order valence-electron chi connectivity index (χ1n) is 8.76. The summed E-state index contributed by atoms with van der Waals surface area (Å²) in [5, 5.41) is 0. The molecule has 142 valence electrons. The first kappa shape index (κ1) is 18.6. The van der Waals surface area contributed by atoms with Gasteiger partial charge in [0, 0.05) is 5.56 Å². The zero-order valence-electron chi connectivity index (χ0n) is 15.7. The Kier molecular flexibility index (Phi) is 5.54. The Hall–Kier alpha value is -3.15. The molecule has 0 unspecified atom stereocenters. The summed E-state index contributed by atoms with van der Waals surface area (Å²) >= 11 is 0. The Bertz CT molecular complexity index is 871. The minimum Gasteiger partial charge on any atom is -0.493 e. The van der Waals surface area contributed by atoms with Gasteiger partial charge in [-0.05, 0) is 61.4 Å². The number of rotatable bonds is 6. The van der Waals surface area contributed by atoms with Crippen molar-refractivity contribution in [2.24, 2.45) is 0 Å².